The number of carbonyl (C=O) groups excluding carboxylic acids is 2. The van der Waals surface area contributed by atoms with Gasteiger partial charge < -0.3 is 25.7 Å². The topological polar surface area (TPSA) is 102 Å². The molecular weight excluding hydrogens is 414 g/mol. The van der Waals surface area contributed by atoms with Crippen LogP contribution in [0.2, 0.25) is 0 Å². The lowest BCUT2D eigenvalue weighted by Crippen LogP contribution is -2.54. The van der Waals surface area contributed by atoms with Gasteiger partial charge in [-0.25, -0.2) is 0 Å². The van der Waals surface area contributed by atoms with Crippen molar-refractivity contribution in [1.29, 1.82) is 0 Å². The molecular formula is C23H29N3O4S. The molecule has 0 unspecified atom stereocenters. The minimum atomic E-state index is -1.77. The van der Waals surface area contributed by atoms with E-state index in [-0.39, 0.29) is 5.41 Å². The fourth-order valence-corrected chi connectivity index (χ4v) is 5.25. The molecule has 0 bridgehead atoms. The first-order valence-electron chi connectivity index (χ1n) is 10.7. The Morgan fingerprint density at radius 2 is 2.00 bits per heavy atom. The van der Waals surface area contributed by atoms with Crippen molar-refractivity contribution in [2.24, 2.45) is 0 Å². The first kappa shape index (κ1) is 21.8. The quantitative estimate of drug-likeness (QED) is 0.541. The molecule has 2 aromatic rings. The van der Waals surface area contributed by atoms with Crippen molar-refractivity contribution >= 4 is 28.8 Å². The predicted octanol–water partition coefficient (Wildman–Crippen LogP) is 1.42. The fraction of sp³-hybridized carbons (Fsp3) is 0.478. The van der Waals surface area contributed by atoms with Gasteiger partial charge in [0.25, 0.3) is 11.8 Å². The Morgan fingerprint density at radius 1 is 1.23 bits per heavy atom. The van der Waals surface area contributed by atoms with Gasteiger partial charge in [-0.15, -0.1) is 11.3 Å². The van der Waals surface area contributed by atoms with Crippen molar-refractivity contribution in [3.63, 3.8) is 0 Å². The Bertz CT molecular complexity index is 938. The van der Waals surface area contributed by atoms with Crippen molar-refractivity contribution in [3.8, 4) is 0 Å². The number of rotatable bonds is 6. The third-order valence-corrected chi connectivity index (χ3v) is 7.40. The van der Waals surface area contributed by atoms with Crippen LogP contribution in [0.5, 0.6) is 0 Å². The number of carbonyl (C=O) groups is 2. The molecule has 4 N–H and O–H groups in total. The number of anilines is 1. The molecule has 0 aliphatic carbocycles. The van der Waals surface area contributed by atoms with Gasteiger partial charge in [-0.3, -0.25) is 9.59 Å². The van der Waals surface area contributed by atoms with Crippen LogP contribution < -0.4 is 10.6 Å². The van der Waals surface area contributed by atoms with Crippen molar-refractivity contribution in [2.75, 3.05) is 31.5 Å². The molecule has 2 amide bonds. The number of amides is 2. The van der Waals surface area contributed by atoms with Crippen LogP contribution in [0, 0.1) is 6.92 Å². The van der Waals surface area contributed by atoms with Crippen molar-refractivity contribution in [2.45, 2.75) is 43.8 Å². The van der Waals surface area contributed by atoms with E-state index in [0.717, 1.165) is 30.0 Å². The van der Waals surface area contributed by atoms with E-state index in [0.29, 0.717) is 26.1 Å². The van der Waals surface area contributed by atoms with Gasteiger partial charge in [0.15, 0.2) is 12.2 Å². The number of likely N-dealkylation sites (tertiary alicyclic amines) is 1. The van der Waals surface area contributed by atoms with Gasteiger partial charge in [0.1, 0.15) is 0 Å². The fourth-order valence-electron chi connectivity index (χ4n) is 4.55. The van der Waals surface area contributed by atoms with Crippen LogP contribution in [0.4, 0.5) is 5.69 Å². The maximum absolute atomic E-state index is 12.7. The molecule has 1 fully saturated rings. The molecule has 2 aliphatic heterocycles. The second-order valence-electron chi connectivity index (χ2n) is 8.52. The summed E-state index contributed by atoms with van der Waals surface area (Å²) in [7, 11) is 0. The van der Waals surface area contributed by atoms with E-state index < -0.39 is 24.0 Å². The predicted molar refractivity (Wildman–Crippen MR) is 120 cm³/mol. The maximum atomic E-state index is 12.7. The molecule has 0 saturated carbocycles. The van der Waals surface area contributed by atoms with E-state index in [4.69, 9.17) is 0 Å². The van der Waals surface area contributed by atoms with Crippen LogP contribution in [0.1, 0.15) is 28.8 Å². The SMILES string of the molecule is Cc1ccc2c(c1)C1(CCN(C(=O)[C@H](O)[C@@H](O)C(=O)NCCc3cccs3)CC1)CN2. The number of piperidine rings is 1. The highest BCUT2D eigenvalue weighted by Gasteiger charge is 2.43. The Hall–Kier alpha value is -2.42. The number of aliphatic hydroxyl groups is 2. The molecule has 1 aromatic heterocycles. The standard InChI is InChI=1S/C23H29N3O4S/c1-15-4-5-18-17(13-15)23(14-25-18)7-10-26(11-8-23)22(30)20(28)19(27)21(29)24-9-6-16-3-2-12-31-16/h2-5,12-13,19-20,25,27-28H,6-11,14H2,1H3,(H,24,29)/t19-,20-/m1/s1. The highest BCUT2D eigenvalue weighted by molar-refractivity contribution is 7.09. The van der Waals surface area contributed by atoms with Crippen molar-refractivity contribution in [3.05, 3.63) is 51.7 Å². The lowest BCUT2D eigenvalue weighted by Gasteiger charge is -2.40. The van der Waals surface area contributed by atoms with Crippen LogP contribution >= 0.6 is 11.3 Å². The molecule has 3 heterocycles. The average Bonchev–Trinajstić information content (AvgIpc) is 3.41. The molecule has 2 atom stereocenters. The second kappa shape index (κ2) is 8.98. The summed E-state index contributed by atoms with van der Waals surface area (Å²) in [4.78, 5) is 27.6. The second-order valence-corrected chi connectivity index (χ2v) is 9.55. The maximum Gasteiger partial charge on any atom is 0.254 e. The molecule has 31 heavy (non-hydrogen) atoms. The molecule has 166 valence electrons. The third kappa shape index (κ3) is 4.46. The highest BCUT2D eigenvalue weighted by atomic mass is 32.1. The Labute approximate surface area is 186 Å². The van der Waals surface area contributed by atoms with Crippen LogP contribution in [-0.4, -0.2) is 65.3 Å². The third-order valence-electron chi connectivity index (χ3n) is 6.47. The number of fused-ring (bicyclic) bond motifs is 2. The molecule has 1 saturated heterocycles. The first-order chi connectivity index (χ1) is 14.9. The minimum Gasteiger partial charge on any atom is -0.384 e. The smallest absolute Gasteiger partial charge is 0.254 e. The number of benzene rings is 1. The highest BCUT2D eigenvalue weighted by Crippen LogP contribution is 2.44. The van der Waals surface area contributed by atoms with E-state index in [1.165, 1.54) is 11.1 Å². The minimum absolute atomic E-state index is 0.0130. The Balaban J connectivity index is 1.30. The normalized spacial score (nSPS) is 18.9. The molecule has 8 heteroatoms. The zero-order valence-corrected chi connectivity index (χ0v) is 18.5. The zero-order chi connectivity index (χ0) is 22.0. The van der Waals surface area contributed by atoms with Gasteiger partial charge in [0.2, 0.25) is 0 Å². The van der Waals surface area contributed by atoms with E-state index in [1.54, 1.807) is 16.2 Å². The molecule has 4 rings (SSSR count). The van der Waals surface area contributed by atoms with Gasteiger partial charge in [0, 0.05) is 42.2 Å². The Morgan fingerprint density at radius 3 is 2.71 bits per heavy atom. The number of nitrogens with zero attached hydrogens (tertiary/aromatic N) is 1. The average molecular weight is 444 g/mol. The number of aryl methyl sites for hydroxylation is 1. The summed E-state index contributed by atoms with van der Waals surface area (Å²) in [5.74, 6) is -1.32. The van der Waals surface area contributed by atoms with Crippen LogP contribution in [0.15, 0.2) is 35.7 Å². The van der Waals surface area contributed by atoms with Gasteiger partial charge in [-0.2, -0.15) is 0 Å². The lowest BCUT2D eigenvalue weighted by atomic mass is 9.74. The summed E-state index contributed by atoms with van der Waals surface area (Å²) in [5, 5.41) is 28.5. The summed E-state index contributed by atoms with van der Waals surface area (Å²) in [5.41, 5.74) is 3.65. The zero-order valence-electron chi connectivity index (χ0n) is 17.6. The summed E-state index contributed by atoms with van der Waals surface area (Å²) >= 11 is 1.59. The molecule has 1 spiro atoms. The van der Waals surface area contributed by atoms with E-state index in [9.17, 15) is 19.8 Å². The first-order valence-corrected chi connectivity index (χ1v) is 11.6. The van der Waals surface area contributed by atoms with E-state index in [1.807, 2.05) is 17.5 Å². The van der Waals surface area contributed by atoms with Crippen LogP contribution in [0.25, 0.3) is 0 Å². The van der Waals surface area contributed by atoms with E-state index in [2.05, 4.69) is 35.8 Å². The summed E-state index contributed by atoms with van der Waals surface area (Å²) in [6.07, 6.45) is -1.34. The lowest BCUT2D eigenvalue weighted by molar-refractivity contribution is -0.154. The molecule has 2 aliphatic rings. The number of thiophene rings is 1. The molecule has 7 nitrogen and oxygen atoms in total. The largest absolute Gasteiger partial charge is 0.384 e. The number of hydrogen-bond donors (Lipinski definition) is 4. The summed E-state index contributed by atoms with van der Waals surface area (Å²) in [6.45, 7) is 4.23. The number of nitrogens with one attached hydrogen (secondary N) is 2. The van der Waals surface area contributed by atoms with Crippen LogP contribution in [0.3, 0.4) is 0 Å². The van der Waals surface area contributed by atoms with Gasteiger partial charge in [-0.1, -0.05) is 23.8 Å². The summed E-state index contributed by atoms with van der Waals surface area (Å²) in [6, 6.07) is 10.3. The van der Waals surface area contributed by atoms with E-state index >= 15 is 0 Å². The molecule has 0 radical (unpaired) electrons. The van der Waals surface area contributed by atoms with Gasteiger partial charge in [0.05, 0.1) is 0 Å². The molecule has 1 aromatic carbocycles. The number of aliphatic hydroxyl groups excluding tert-OH is 2. The van der Waals surface area contributed by atoms with Gasteiger partial charge >= 0.3 is 0 Å². The monoisotopic (exact) mass is 443 g/mol. The summed E-state index contributed by atoms with van der Waals surface area (Å²) < 4.78 is 0. The Kier molecular flexibility index (Phi) is 6.31. The van der Waals surface area contributed by atoms with Crippen molar-refractivity contribution in [1.82, 2.24) is 10.2 Å². The number of hydrogen-bond acceptors (Lipinski definition) is 6. The van der Waals surface area contributed by atoms with Gasteiger partial charge in [-0.05, 0) is 49.3 Å². The van der Waals surface area contributed by atoms with Crippen LogP contribution in [-0.2, 0) is 21.4 Å². The van der Waals surface area contributed by atoms with Crippen molar-refractivity contribution < 1.29 is 19.8 Å².